The number of rotatable bonds is 6. The molecule has 0 saturated heterocycles. The lowest BCUT2D eigenvalue weighted by Crippen LogP contribution is -2.24. The average molecular weight is 304 g/mol. The van der Waals surface area contributed by atoms with E-state index >= 15 is 0 Å². The van der Waals surface area contributed by atoms with Crippen molar-refractivity contribution in [3.8, 4) is 0 Å². The van der Waals surface area contributed by atoms with Gasteiger partial charge in [-0.15, -0.1) is 0 Å². The second-order valence-corrected chi connectivity index (χ2v) is 7.27. The van der Waals surface area contributed by atoms with Crippen molar-refractivity contribution in [1.82, 2.24) is 5.32 Å². The maximum absolute atomic E-state index is 12.1. The Morgan fingerprint density at radius 2 is 1.89 bits per heavy atom. The summed E-state index contributed by atoms with van der Waals surface area (Å²) in [5.74, 6) is -0.0972. The summed E-state index contributed by atoms with van der Waals surface area (Å²) in [5.41, 5.74) is 0.726. The van der Waals surface area contributed by atoms with E-state index in [0.29, 0.717) is 18.0 Å². The van der Waals surface area contributed by atoms with Crippen LogP contribution < -0.4 is 5.32 Å². The molecule has 0 heterocycles. The van der Waals surface area contributed by atoms with Gasteiger partial charge in [0, 0.05) is 18.5 Å². The second kappa shape index (κ2) is 6.91. The molecule has 0 saturated carbocycles. The number of carbonyl (C=O) groups excluding carboxylic acids is 1. The zero-order chi connectivity index (χ0) is 14.5. The first-order valence-corrected chi connectivity index (χ1v) is 8.14. The summed E-state index contributed by atoms with van der Waals surface area (Å²) in [5, 5.41) is 2.60. The Morgan fingerprint density at radius 3 is 2.42 bits per heavy atom. The van der Waals surface area contributed by atoms with E-state index in [0.717, 1.165) is 5.56 Å². The summed E-state index contributed by atoms with van der Waals surface area (Å²) < 4.78 is 24.2. The lowest BCUT2D eigenvalue weighted by Gasteiger charge is -2.13. The predicted molar refractivity (Wildman–Crippen MR) is 77.0 cm³/mol. The normalized spacial score (nSPS) is 13.0. The summed E-state index contributed by atoms with van der Waals surface area (Å²) in [6.07, 6.45) is 0.417. The SMILES string of the molecule is CC(=O)NCCCS(=O)(=O)C(C)c1ccc(Cl)cc1. The summed E-state index contributed by atoms with van der Waals surface area (Å²) in [7, 11) is -3.22. The molecule has 1 aromatic carbocycles. The number of nitrogens with one attached hydrogen (secondary N) is 1. The summed E-state index contributed by atoms with van der Waals surface area (Å²) in [4.78, 5) is 10.7. The van der Waals surface area contributed by atoms with Crippen LogP contribution >= 0.6 is 11.6 Å². The standard InChI is InChI=1S/C13H18ClNO3S/c1-10(12-4-6-13(14)7-5-12)19(17,18)9-3-8-15-11(2)16/h4-7,10H,3,8-9H2,1-2H3,(H,15,16). The molecule has 0 aliphatic carbocycles. The molecule has 6 heteroatoms. The number of sulfone groups is 1. The maximum Gasteiger partial charge on any atom is 0.216 e. The molecule has 0 aromatic heterocycles. The van der Waals surface area contributed by atoms with Gasteiger partial charge in [-0.3, -0.25) is 4.79 Å². The van der Waals surface area contributed by atoms with E-state index < -0.39 is 15.1 Å². The molecule has 0 radical (unpaired) electrons. The van der Waals surface area contributed by atoms with Crippen molar-refractivity contribution in [2.75, 3.05) is 12.3 Å². The Labute approximate surface area is 119 Å². The molecule has 19 heavy (non-hydrogen) atoms. The number of benzene rings is 1. The number of halogens is 1. The number of hydrogen-bond donors (Lipinski definition) is 1. The Hall–Kier alpha value is -1.07. The van der Waals surface area contributed by atoms with Crippen LogP contribution in [0.5, 0.6) is 0 Å². The van der Waals surface area contributed by atoms with E-state index in [1.165, 1.54) is 6.92 Å². The van der Waals surface area contributed by atoms with Crippen molar-refractivity contribution in [2.45, 2.75) is 25.5 Å². The van der Waals surface area contributed by atoms with Gasteiger partial charge >= 0.3 is 0 Å². The number of carbonyl (C=O) groups is 1. The van der Waals surface area contributed by atoms with E-state index in [4.69, 9.17) is 11.6 Å². The zero-order valence-electron chi connectivity index (χ0n) is 11.0. The minimum atomic E-state index is -3.22. The lowest BCUT2D eigenvalue weighted by molar-refractivity contribution is -0.118. The molecule has 1 rings (SSSR count). The molecule has 1 unspecified atom stereocenters. The van der Waals surface area contributed by atoms with Crippen LogP contribution in [-0.4, -0.2) is 26.6 Å². The zero-order valence-corrected chi connectivity index (χ0v) is 12.6. The van der Waals surface area contributed by atoms with E-state index in [2.05, 4.69) is 5.32 Å². The van der Waals surface area contributed by atoms with Crippen molar-refractivity contribution in [3.63, 3.8) is 0 Å². The summed E-state index contributed by atoms with van der Waals surface area (Å²) >= 11 is 5.77. The summed E-state index contributed by atoms with van der Waals surface area (Å²) in [6, 6.07) is 6.80. The predicted octanol–water partition coefficient (Wildman–Crippen LogP) is 2.34. The third-order valence-corrected chi connectivity index (χ3v) is 5.32. The highest BCUT2D eigenvalue weighted by Gasteiger charge is 2.21. The Morgan fingerprint density at radius 1 is 1.32 bits per heavy atom. The van der Waals surface area contributed by atoms with Crippen LogP contribution in [-0.2, 0) is 14.6 Å². The van der Waals surface area contributed by atoms with Crippen molar-refractivity contribution in [3.05, 3.63) is 34.9 Å². The second-order valence-electron chi connectivity index (χ2n) is 4.40. The van der Waals surface area contributed by atoms with Crippen LogP contribution in [0, 0.1) is 0 Å². The van der Waals surface area contributed by atoms with Crippen LogP contribution in [0.4, 0.5) is 0 Å². The van der Waals surface area contributed by atoms with Gasteiger partial charge in [-0.05, 0) is 31.0 Å². The largest absolute Gasteiger partial charge is 0.356 e. The van der Waals surface area contributed by atoms with Crippen molar-refractivity contribution in [1.29, 1.82) is 0 Å². The molecular weight excluding hydrogens is 286 g/mol. The van der Waals surface area contributed by atoms with Crippen molar-refractivity contribution in [2.24, 2.45) is 0 Å². The van der Waals surface area contributed by atoms with E-state index in [1.807, 2.05) is 0 Å². The number of amides is 1. The van der Waals surface area contributed by atoms with E-state index in [1.54, 1.807) is 31.2 Å². The van der Waals surface area contributed by atoms with Crippen molar-refractivity contribution >= 4 is 27.3 Å². The Kier molecular flexibility index (Phi) is 5.82. The fraction of sp³-hybridized carbons (Fsp3) is 0.462. The molecule has 0 aliphatic rings. The molecule has 0 spiro atoms. The third kappa shape index (κ3) is 5.20. The first-order valence-electron chi connectivity index (χ1n) is 6.04. The number of hydrogen-bond acceptors (Lipinski definition) is 3. The minimum Gasteiger partial charge on any atom is -0.356 e. The highest BCUT2D eigenvalue weighted by Crippen LogP contribution is 2.24. The van der Waals surface area contributed by atoms with Crippen molar-refractivity contribution < 1.29 is 13.2 Å². The molecule has 0 bridgehead atoms. The molecule has 1 N–H and O–H groups in total. The third-order valence-electron chi connectivity index (χ3n) is 2.86. The maximum atomic E-state index is 12.1. The van der Waals surface area contributed by atoms with Gasteiger partial charge in [-0.2, -0.15) is 0 Å². The Balaban J connectivity index is 2.61. The molecule has 0 aliphatic heterocycles. The van der Waals surface area contributed by atoms with Crippen LogP contribution in [0.3, 0.4) is 0 Å². The molecule has 1 amide bonds. The van der Waals surface area contributed by atoms with E-state index in [9.17, 15) is 13.2 Å². The average Bonchev–Trinajstić information content (AvgIpc) is 2.34. The minimum absolute atomic E-state index is 0.0527. The van der Waals surface area contributed by atoms with Gasteiger partial charge in [-0.1, -0.05) is 23.7 Å². The van der Waals surface area contributed by atoms with Crippen LogP contribution in [0.2, 0.25) is 5.02 Å². The fourth-order valence-electron chi connectivity index (χ4n) is 1.66. The first kappa shape index (κ1) is 16.0. The highest BCUT2D eigenvalue weighted by molar-refractivity contribution is 7.91. The lowest BCUT2D eigenvalue weighted by atomic mass is 10.2. The van der Waals surface area contributed by atoms with Gasteiger partial charge in [0.1, 0.15) is 0 Å². The van der Waals surface area contributed by atoms with Gasteiger partial charge in [0.2, 0.25) is 5.91 Å². The molecule has 1 atom stereocenters. The van der Waals surface area contributed by atoms with Crippen LogP contribution in [0.15, 0.2) is 24.3 Å². The molecular formula is C13H18ClNO3S. The quantitative estimate of drug-likeness (QED) is 0.821. The smallest absolute Gasteiger partial charge is 0.216 e. The molecule has 106 valence electrons. The van der Waals surface area contributed by atoms with Gasteiger partial charge in [0.25, 0.3) is 0 Å². The van der Waals surface area contributed by atoms with E-state index in [-0.39, 0.29) is 11.7 Å². The van der Waals surface area contributed by atoms with Gasteiger partial charge < -0.3 is 5.32 Å². The highest BCUT2D eigenvalue weighted by atomic mass is 35.5. The Bertz CT molecular complexity index is 525. The van der Waals surface area contributed by atoms with Crippen LogP contribution in [0.1, 0.15) is 31.1 Å². The van der Waals surface area contributed by atoms with Gasteiger partial charge in [0.15, 0.2) is 9.84 Å². The molecule has 4 nitrogen and oxygen atoms in total. The molecule has 0 fully saturated rings. The van der Waals surface area contributed by atoms with Gasteiger partial charge in [-0.25, -0.2) is 8.42 Å². The van der Waals surface area contributed by atoms with Gasteiger partial charge in [0.05, 0.1) is 11.0 Å². The monoisotopic (exact) mass is 303 g/mol. The molecule has 1 aromatic rings. The topological polar surface area (TPSA) is 63.2 Å². The fourth-order valence-corrected chi connectivity index (χ4v) is 3.25. The van der Waals surface area contributed by atoms with Crippen LogP contribution in [0.25, 0.3) is 0 Å². The first-order chi connectivity index (χ1) is 8.83. The summed E-state index contributed by atoms with van der Waals surface area (Å²) in [6.45, 7) is 3.45.